The van der Waals surface area contributed by atoms with Crippen LogP contribution in [0.4, 0.5) is 0 Å². The predicted molar refractivity (Wildman–Crippen MR) is 469 cm³/mol. The quantitative estimate of drug-likeness (QED) is 0.0953. The highest BCUT2D eigenvalue weighted by molar-refractivity contribution is 7.08. The maximum Gasteiger partial charge on any atom is 0.350 e. The number of nitrogens with zero attached hydrogens (tertiary/aromatic N) is 12. The number of benzene rings is 10. The second-order valence-electron chi connectivity index (χ2n) is 32.0. The van der Waals surface area contributed by atoms with Gasteiger partial charge in [0.05, 0.1) is 61.6 Å². The number of fused-ring (bicyclic) bond motifs is 15. The Balaban J connectivity index is 0.0000000857. The van der Waals surface area contributed by atoms with Crippen molar-refractivity contribution in [2.45, 2.75) is 86.0 Å². The van der Waals surface area contributed by atoms with Crippen LogP contribution in [0, 0.1) is 34.6 Å². The zero-order chi connectivity index (χ0) is 76.1. The minimum atomic E-state index is -2.80. The molecule has 114 heavy (non-hydrogen) atoms. The largest absolute Gasteiger partial charge is 0.517 e. The van der Waals surface area contributed by atoms with Crippen molar-refractivity contribution in [2.24, 2.45) is 0 Å². The fraction of sp³-hybridized carbons (Fsp3) is 0.130. The number of aromatic nitrogens is 12. The molecule has 0 fully saturated rings. The second-order valence-corrected chi connectivity index (χ2v) is 35.2. The van der Waals surface area contributed by atoms with Gasteiger partial charge in [-0.15, -0.1) is 0 Å². The maximum absolute atomic E-state index is 7.21. The SMILES string of the molecule is Cc1nc2c3ccccc3c3cccc4c3n2c1CC4(C)C.Cc1nc2c3ccccc3c3cccc4c3n2c1O[Si]4(c1ccccc1)c1ccccc1.Cc1nc2c3ccccc3c3cccc4ccc1n2c43.Cc1nc2c3ccncc3c3cccc4c3n2c1CC4.Cc1nc2c3cnccc3c3cccc4c3n2c1CC4. The van der Waals surface area contributed by atoms with Gasteiger partial charge in [-0.25, -0.2) is 24.9 Å². The molecule has 14 heteroatoms. The van der Waals surface area contributed by atoms with Gasteiger partial charge in [0.15, 0.2) is 0 Å². The van der Waals surface area contributed by atoms with E-state index in [0.717, 1.165) is 99.8 Å². The summed E-state index contributed by atoms with van der Waals surface area (Å²) >= 11 is 0. The molecule has 13 nitrogen and oxygen atoms in total. The third kappa shape index (κ3) is 9.30. The summed E-state index contributed by atoms with van der Waals surface area (Å²) in [6, 6.07) is 89.0. The lowest BCUT2D eigenvalue weighted by molar-refractivity contribution is 0.504. The van der Waals surface area contributed by atoms with Gasteiger partial charge in [-0.3, -0.25) is 32.0 Å². The van der Waals surface area contributed by atoms with E-state index in [-0.39, 0.29) is 5.41 Å². The number of rotatable bonds is 2. The first-order chi connectivity index (χ1) is 55.9. The average Bonchev–Trinajstić information content (AvgIpc) is 1.38. The molecular formula is C100H76N12OSi. The van der Waals surface area contributed by atoms with Crippen LogP contribution < -0.4 is 20.0 Å². The van der Waals surface area contributed by atoms with E-state index in [2.05, 4.69) is 329 Å². The van der Waals surface area contributed by atoms with E-state index in [9.17, 15) is 0 Å². The van der Waals surface area contributed by atoms with E-state index < -0.39 is 8.32 Å². The van der Waals surface area contributed by atoms with Crippen molar-refractivity contribution in [1.82, 2.24) is 56.9 Å². The van der Waals surface area contributed by atoms with E-state index in [1.54, 1.807) is 0 Å². The maximum atomic E-state index is 7.21. The molecule has 0 bridgehead atoms. The molecule has 0 saturated carbocycles. The summed E-state index contributed by atoms with van der Waals surface area (Å²) in [7, 11) is -2.80. The van der Waals surface area contributed by atoms with Gasteiger partial charge < -0.3 is 4.43 Å². The van der Waals surface area contributed by atoms with Gasteiger partial charge in [0, 0.05) is 106 Å². The molecule has 0 radical (unpaired) electrons. The molecule has 0 saturated heterocycles. The molecule has 546 valence electrons. The standard InChI is InChI=1S/C28H20N2OSi.C20H18N2.C18H12N2.2C17H13N3/c1-19-28-30-26-23(22-15-8-9-16-24(22)27(30)29-19)17-10-18-25(26)32(31-28,20-11-4-2-5-12-20)21-13-6-3-7-14-21;1-12-17-11-20(2,3)16-10-6-9-14-13-7-4-5-8-15(13)19(21-12)22(17)18(14)16;1-11-16-10-9-12-5-4-8-14-13-6-2-3-7-15(13)18(19-11)20(16)17(12)14;1-10-15-6-5-11-3-2-4-13-12-7-8-18-9-14(12)17(19-10)20(15)16(11)13;1-10-15-6-5-11-3-2-4-12-14-9-18-8-7-13(14)17(19-10)20(15)16(11)12/h2-18H,1H3;4-10H,11H2,1-3H3;2-10H,1H3;2*2-4,7-9H,5-6H2,1H3. The summed E-state index contributed by atoms with van der Waals surface area (Å²) in [6.45, 7) is 15.2. The molecule has 27 rings (SSSR count). The Labute approximate surface area is 656 Å². The number of hydrogen-bond donors (Lipinski definition) is 0. The van der Waals surface area contributed by atoms with Crippen LogP contribution in [0.2, 0.25) is 0 Å². The van der Waals surface area contributed by atoms with E-state index >= 15 is 0 Å². The van der Waals surface area contributed by atoms with Crippen LogP contribution >= 0.6 is 0 Å². The first-order valence-corrected chi connectivity index (χ1v) is 41.6. The molecule has 10 aromatic carbocycles. The average molecular weight is 1490 g/mol. The van der Waals surface area contributed by atoms with Crippen molar-refractivity contribution in [3.05, 3.63) is 336 Å². The van der Waals surface area contributed by atoms with Gasteiger partial charge in [-0.1, -0.05) is 244 Å². The highest BCUT2D eigenvalue weighted by atomic mass is 28.4. The fourth-order valence-corrected chi connectivity index (χ4v) is 24.2. The minimum absolute atomic E-state index is 0.149. The molecule has 0 unspecified atom stereocenters. The number of para-hydroxylation sites is 5. The Hall–Kier alpha value is -13.7. The Bertz CT molecular complexity index is 7840. The van der Waals surface area contributed by atoms with Gasteiger partial charge >= 0.3 is 8.32 Å². The van der Waals surface area contributed by atoms with Crippen molar-refractivity contribution in [3.8, 4) is 5.88 Å². The first-order valence-electron chi connectivity index (χ1n) is 39.7. The Morgan fingerprint density at radius 1 is 0.307 bits per heavy atom. The predicted octanol–water partition coefficient (Wildman–Crippen LogP) is 20.5. The second kappa shape index (κ2) is 24.7. The fourth-order valence-electron chi connectivity index (χ4n) is 20.1. The molecule has 4 aliphatic heterocycles. The lowest BCUT2D eigenvalue weighted by atomic mass is 9.77. The van der Waals surface area contributed by atoms with E-state index in [1.807, 2.05) is 24.8 Å². The van der Waals surface area contributed by atoms with Crippen LogP contribution in [0.1, 0.15) is 76.1 Å². The highest BCUT2D eigenvalue weighted by Crippen LogP contribution is 2.45. The zero-order valence-corrected chi connectivity index (χ0v) is 65.3. The normalized spacial score (nSPS) is 14.1. The molecule has 0 spiro atoms. The topological polar surface area (TPSA) is 122 Å². The highest BCUT2D eigenvalue weighted by Gasteiger charge is 2.49. The summed E-state index contributed by atoms with van der Waals surface area (Å²) in [4.78, 5) is 33.0. The number of pyridine rings is 8. The lowest BCUT2D eigenvalue weighted by Gasteiger charge is -2.37. The van der Waals surface area contributed by atoms with Gasteiger partial charge in [-0.05, 0) is 144 Å². The van der Waals surface area contributed by atoms with Crippen molar-refractivity contribution < 1.29 is 4.43 Å². The summed E-state index contributed by atoms with van der Waals surface area (Å²) in [5, 5.41) is 23.8. The van der Waals surface area contributed by atoms with Gasteiger partial charge in [-0.2, -0.15) is 0 Å². The van der Waals surface area contributed by atoms with Crippen molar-refractivity contribution in [3.63, 3.8) is 0 Å². The molecule has 23 aromatic rings. The van der Waals surface area contributed by atoms with Crippen molar-refractivity contribution in [1.29, 1.82) is 0 Å². The van der Waals surface area contributed by atoms with E-state index in [1.165, 1.54) is 164 Å². The lowest BCUT2D eigenvalue weighted by Crippen LogP contribution is -2.73. The summed E-state index contributed by atoms with van der Waals surface area (Å²) in [5.74, 6) is 0.869. The van der Waals surface area contributed by atoms with Crippen LogP contribution in [0.15, 0.2) is 274 Å². The summed E-state index contributed by atoms with van der Waals surface area (Å²) in [5.41, 5.74) is 27.0. The molecule has 4 aliphatic rings. The smallest absolute Gasteiger partial charge is 0.350 e. The third-order valence-corrected chi connectivity index (χ3v) is 29.2. The summed E-state index contributed by atoms with van der Waals surface area (Å²) < 4.78 is 18.9. The molecule has 0 atom stereocenters. The Kier molecular flexibility index (Phi) is 14.3. The van der Waals surface area contributed by atoms with Gasteiger partial charge in [0.25, 0.3) is 0 Å². The molecule has 0 aliphatic carbocycles. The van der Waals surface area contributed by atoms with Crippen LogP contribution in [-0.2, 0) is 37.5 Å². The molecule has 0 N–H and O–H groups in total. The van der Waals surface area contributed by atoms with Crippen molar-refractivity contribution in [2.75, 3.05) is 0 Å². The third-order valence-electron chi connectivity index (χ3n) is 25.2. The Morgan fingerprint density at radius 3 is 1.32 bits per heavy atom. The zero-order valence-electron chi connectivity index (χ0n) is 64.3. The van der Waals surface area contributed by atoms with Crippen LogP contribution in [0.25, 0.3) is 148 Å². The first kappa shape index (κ1) is 66.1. The van der Waals surface area contributed by atoms with E-state index in [0.29, 0.717) is 0 Å². The monoisotopic (exact) mass is 1490 g/mol. The van der Waals surface area contributed by atoms with Gasteiger partial charge in [0.1, 0.15) is 28.2 Å². The number of hydrogen-bond acceptors (Lipinski definition) is 8. The summed E-state index contributed by atoms with van der Waals surface area (Å²) in [6.07, 6.45) is 13.0. The number of imidazole rings is 5. The molecule has 0 amide bonds. The van der Waals surface area contributed by atoms with Crippen LogP contribution in [0.5, 0.6) is 5.88 Å². The Morgan fingerprint density at radius 2 is 0.719 bits per heavy atom. The minimum Gasteiger partial charge on any atom is -0.517 e. The molecule has 13 aromatic heterocycles. The van der Waals surface area contributed by atoms with E-state index in [4.69, 9.17) is 29.3 Å². The van der Waals surface area contributed by atoms with Crippen LogP contribution in [-0.4, -0.2) is 65.2 Å². The molecule has 17 heterocycles. The molecular weight excluding hydrogens is 1410 g/mol. The van der Waals surface area contributed by atoms with Crippen LogP contribution in [0.3, 0.4) is 0 Å². The van der Waals surface area contributed by atoms with Gasteiger partial charge in [0.2, 0.25) is 5.88 Å². The number of aryl methyl sites for hydroxylation is 9. The van der Waals surface area contributed by atoms with Crippen molar-refractivity contribution >= 4 is 171 Å².